The van der Waals surface area contributed by atoms with Gasteiger partial charge in [-0.3, -0.25) is 4.79 Å². The van der Waals surface area contributed by atoms with Gasteiger partial charge in [0, 0.05) is 18.5 Å². The summed E-state index contributed by atoms with van der Waals surface area (Å²) in [5, 5.41) is 6.07. The fraction of sp³-hybridized carbons (Fsp3) is 0.923. The first-order valence-electron chi connectivity index (χ1n) is 7.04. The van der Waals surface area contributed by atoms with Crippen LogP contribution in [0, 0.1) is 11.8 Å². The quantitative estimate of drug-likeness (QED) is 0.822. The molecule has 1 amide bonds. The Balaban J connectivity index is 0.00000200. The molecule has 2 fully saturated rings. The molecule has 0 radical (unpaired) electrons. The maximum atomic E-state index is 12.7. The van der Waals surface area contributed by atoms with E-state index in [1.165, 1.54) is 0 Å². The van der Waals surface area contributed by atoms with Crippen LogP contribution in [-0.4, -0.2) is 31.2 Å². The lowest BCUT2D eigenvalue weighted by atomic mass is 9.80. The van der Waals surface area contributed by atoms with E-state index in [-0.39, 0.29) is 37.2 Å². The molecule has 2 N–H and O–H groups in total. The molecule has 3 nitrogen and oxygen atoms in total. The third-order valence-electron chi connectivity index (χ3n) is 4.15. The van der Waals surface area contributed by atoms with Crippen LogP contribution in [0.4, 0.5) is 13.2 Å². The van der Waals surface area contributed by atoms with Crippen molar-refractivity contribution < 1.29 is 18.0 Å². The number of carbonyl (C=O) groups is 1. The van der Waals surface area contributed by atoms with Gasteiger partial charge >= 0.3 is 6.18 Å². The Kier molecular flexibility index (Phi) is 6.58. The van der Waals surface area contributed by atoms with Crippen molar-refractivity contribution in [2.45, 2.75) is 50.7 Å². The molecule has 1 aliphatic heterocycles. The van der Waals surface area contributed by atoms with E-state index in [2.05, 4.69) is 10.6 Å². The number of hydrogen-bond acceptors (Lipinski definition) is 2. The standard InChI is InChI=1S/C13H21F3N2O.ClH/c14-13(15,16)10-4-1-3-9(7-10)12(19)18-11-5-2-6-17-8-11;/h9-11,17H,1-8H2,(H,18,19);1H. The molecule has 2 aliphatic rings. The van der Waals surface area contributed by atoms with Gasteiger partial charge in [0.1, 0.15) is 0 Å². The summed E-state index contributed by atoms with van der Waals surface area (Å²) in [4.78, 5) is 12.0. The molecule has 118 valence electrons. The number of rotatable bonds is 2. The largest absolute Gasteiger partial charge is 0.391 e. The Morgan fingerprint density at radius 3 is 2.50 bits per heavy atom. The van der Waals surface area contributed by atoms with Crippen LogP contribution in [0.25, 0.3) is 0 Å². The Morgan fingerprint density at radius 2 is 1.90 bits per heavy atom. The molecule has 7 heteroatoms. The SMILES string of the molecule is Cl.O=C(NC1CCCNC1)C1CCCC(C(F)(F)F)C1. The zero-order valence-corrected chi connectivity index (χ0v) is 12.2. The zero-order chi connectivity index (χ0) is 13.9. The Labute approximate surface area is 123 Å². The lowest BCUT2D eigenvalue weighted by Crippen LogP contribution is -2.48. The topological polar surface area (TPSA) is 41.1 Å². The van der Waals surface area contributed by atoms with Gasteiger partial charge in [0.25, 0.3) is 0 Å². The molecule has 1 saturated heterocycles. The predicted octanol–water partition coefficient (Wildman–Crippen LogP) is 2.65. The summed E-state index contributed by atoms with van der Waals surface area (Å²) in [5.41, 5.74) is 0. The van der Waals surface area contributed by atoms with Gasteiger partial charge in [0.2, 0.25) is 5.91 Å². The summed E-state index contributed by atoms with van der Waals surface area (Å²) < 4.78 is 38.1. The summed E-state index contributed by atoms with van der Waals surface area (Å²) in [5.74, 6) is -1.97. The van der Waals surface area contributed by atoms with Gasteiger partial charge in [-0.1, -0.05) is 6.42 Å². The summed E-state index contributed by atoms with van der Waals surface area (Å²) in [6, 6.07) is 0.0764. The maximum Gasteiger partial charge on any atom is 0.391 e. The molecule has 0 bridgehead atoms. The average molecular weight is 315 g/mol. The van der Waals surface area contributed by atoms with Gasteiger partial charge in [0.05, 0.1) is 5.92 Å². The van der Waals surface area contributed by atoms with Crippen LogP contribution in [0.1, 0.15) is 38.5 Å². The molecule has 1 aliphatic carbocycles. The maximum absolute atomic E-state index is 12.7. The van der Waals surface area contributed by atoms with Crippen LogP contribution in [-0.2, 0) is 4.79 Å². The molecule has 2 rings (SSSR count). The Bertz CT molecular complexity index is 319. The van der Waals surface area contributed by atoms with E-state index in [1.807, 2.05) is 0 Å². The van der Waals surface area contributed by atoms with E-state index in [0.29, 0.717) is 12.8 Å². The van der Waals surface area contributed by atoms with Gasteiger partial charge in [-0.15, -0.1) is 12.4 Å². The van der Waals surface area contributed by atoms with Crippen molar-refractivity contribution in [3.05, 3.63) is 0 Å². The van der Waals surface area contributed by atoms with Gasteiger partial charge in [0.15, 0.2) is 0 Å². The zero-order valence-electron chi connectivity index (χ0n) is 11.3. The van der Waals surface area contributed by atoms with Crippen molar-refractivity contribution >= 4 is 18.3 Å². The van der Waals surface area contributed by atoms with E-state index >= 15 is 0 Å². The number of nitrogens with one attached hydrogen (secondary N) is 2. The summed E-state index contributed by atoms with van der Waals surface area (Å²) >= 11 is 0. The van der Waals surface area contributed by atoms with Crippen LogP contribution in [0.5, 0.6) is 0 Å². The third kappa shape index (κ3) is 4.81. The molecule has 3 atom stereocenters. The van der Waals surface area contributed by atoms with E-state index in [0.717, 1.165) is 25.9 Å². The molecule has 0 aromatic heterocycles. The highest BCUT2D eigenvalue weighted by Crippen LogP contribution is 2.39. The van der Waals surface area contributed by atoms with Crippen LogP contribution >= 0.6 is 12.4 Å². The Morgan fingerprint density at radius 1 is 1.15 bits per heavy atom. The molecule has 0 spiro atoms. The lowest BCUT2D eigenvalue weighted by molar-refractivity contribution is -0.186. The summed E-state index contributed by atoms with van der Waals surface area (Å²) in [6.07, 6.45) is -1.06. The van der Waals surface area contributed by atoms with Crippen LogP contribution in [0.2, 0.25) is 0 Å². The van der Waals surface area contributed by atoms with Crippen LogP contribution in [0.15, 0.2) is 0 Å². The fourth-order valence-corrected chi connectivity index (χ4v) is 3.02. The van der Waals surface area contributed by atoms with Crippen molar-refractivity contribution in [1.82, 2.24) is 10.6 Å². The van der Waals surface area contributed by atoms with Crippen molar-refractivity contribution in [2.24, 2.45) is 11.8 Å². The van der Waals surface area contributed by atoms with E-state index in [9.17, 15) is 18.0 Å². The van der Waals surface area contributed by atoms with Crippen molar-refractivity contribution in [3.8, 4) is 0 Å². The van der Waals surface area contributed by atoms with E-state index in [4.69, 9.17) is 0 Å². The van der Waals surface area contributed by atoms with Gasteiger partial charge in [-0.2, -0.15) is 13.2 Å². The molecule has 1 heterocycles. The highest BCUT2D eigenvalue weighted by Gasteiger charge is 2.43. The van der Waals surface area contributed by atoms with E-state index in [1.54, 1.807) is 0 Å². The normalized spacial score (nSPS) is 31.2. The molecular weight excluding hydrogens is 293 g/mol. The van der Waals surface area contributed by atoms with Gasteiger partial charge in [-0.05, 0) is 38.6 Å². The molecule has 1 saturated carbocycles. The van der Waals surface area contributed by atoms with Crippen molar-refractivity contribution in [2.75, 3.05) is 13.1 Å². The minimum atomic E-state index is -4.16. The highest BCUT2D eigenvalue weighted by molar-refractivity contribution is 5.85. The monoisotopic (exact) mass is 314 g/mol. The third-order valence-corrected chi connectivity index (χ3v) is 4.15. The number of carbonyl (C=O) groups excluding carboxylic acids is 1. The second-order valence-corrected chi connectivity index (χ2v) is 5.65. The minimum absolute atomic E-state index is 0. The number of piperidine rings is 1. The molecule has 0 aromatic carbocycles. The van der Waals surface area contributed by atoms with E-state index < -0.39 is 18.0 Å². The van der Waals surface area contributed by atoms with Gasteiger partial charge in [-0.25, -0.2) is 0 Å². The second kappa shape index (κ2) is 7.50. The number of hydrogen-bond donors (Lipinski definition) is 2. The minimum Gasteiger partial charge on any atom is -0.352 e. The van der Waals surface area contributed by atoms with Crippen molar-refractivity contribution in [3.63, 3.8) is 0 Å². The molecule has 3 unspecified atom stereocenters. The van der Waals surface area contributed by atoms with Gasteiger partial charge < -0.3 is 10.6 Å². The molecule has 20 heavy (non-hydrogen) atoms. The lowest BCUT2D eigenvalue weighted by Gasteiger charge is -2.31. The fourth-order valence-electron chi connectivity index (χ4n) is 3.02. The number of amides is 1. The Hall–Kier alpha value is -0.490. The smallest absolute Gasteiger partial charge is 0.352 e. The number of alkyl halides is 3. The van der Waals surface area contributed by atoms with Crippen LogP contribution in [0.3, 0.4) is 0 Å². The van der Waals surface area contributed by atoms with Crippen molar-refractivity contribution in [1.29, 1.82) is 0 Å². The average Bonchev–Trinajstić information content (AvgIpc) is 2.39. The predicted molar refractivity (Wildman–Crippen MR) is 72.8 cm³/mol. The highest BCUT2D eigenvalue weighted by atomic mass is 35.5. The first kappa shape index (κ1) is 17.6. The summed E-state index contributed by atoms with van der Waals surface area (Å²) in [6.45, 7) is 1.67. The summed E-state index contributed by atoms with van der Waals surface area (Å²) in [7, 11) is 0. The molecular formula is C13H22ClF3N2O. The second-order valence-electron chi connectivity index (χ2n) is 5.65. The molecule has 0 aromatic rings. The first-order chi connectivity index (χ1) is 8.97. The number of halogens is 4. The first-order valence-corrected chi connectivity index (χ1v) is 7.04. The van der Waals surface area contributed by atoms with Crippen LogP contribution < -0.4 is 10.6 Å².